The minimum atomic E-state index is -4.57. The van der Waals surface area contributed by atoms with Gasteiger partial charge in [0, 0.05) is 6.54 Å². The molecule has 0 aliphatic heterocycles. The van der Waals surface area contributed by atoms with Crippen molar-refractivity contribution >= 4 is 11.9 Å². The number of aliphatic hydroxyl groups excluding tert-OH is 1. The van der Waals surface area contributed by atoms with Crippen molar-refractivity contribution in [2.45, 2.75) is 25.4 Å². The number of aliphatic hydroxyl groups is 1. The molecule has 0 spiro atoms. The maximum absolute atomic E-state index is 12.3. The highest BCUT2D eigenvalue weighted by Gasteiger charge is 2.42. The fourth-order valence-electron chi connectivity index (χ4n) is 2.39. The molecule has 0 bridgehead atoms. The SMILES string of the molecule is O=C(O)[C@H]1CCC[C@H]1C(=O)N(CCO)CC(F)(F)F. The predicted octanol–water partition coefficient (Wildman–Crippen LogP) is 0.870. The van der Waals surface area contributed by atoms with Gasteiger partial charge < -0.3 is 15.1 Å². The van der Waals surface area contributed by atoms with E-state index >= 15 is 0 Å². The first-order valence-corrected chi connectivity index (χ1v) is 5.95. The Bertz CT molecular complexity index is 345. The second-order valence-electron chi connectivity index (χ2n) is 4.58. The van der Waals surface area contributed by atoms with Gasteiger partial charge in [0.1, 0.15) is 6.54 Å². The average molecular weight is 283 g/mol. The molecular weight excluding hydrogens is 267 g/mol. The summed E-state index contributed by atoms with van der Waals surface area (Å²) in [5.41, 5.74) is 0. The molecule has 0 unspecified atom stereocenters. The summed E-state index contributed by atoms with van der Waals surface area (Å²) in [5, 5.41) is 17.7. The van der Waals surface area contributed by atoms with Crippen LogP contribution in [0.2, 0.25) is 0 Å². The normalized spacial score (nSPS) is 23.4. The summed E-state index contributed by atoms with van der Waals surface area (Å²) in [6, 6.07) is 0. The molecule has 0 radical (unpaired) electrons. The highest BCUT2D eigenvalue weighted by Crippen LogP contribution is 2.34. The van der Waals surface area contributed by atoms with Gasteiger partial charge in [0.25, 0.3) is 0 Å². The molecule has 2 N–H and O–H groups in total. The zero-order valence-corrected chi connectivity index (χ0v) is 10.2. The van der Waals surface area contributed by atoms with E-state index in [0.717, 1.165) is 0 Å². The number of nitrogens with zero attached hydrogens (tertiary/aromatic N) is 1. The van der Waals surface area contributed by atoms with Crippen molar-refractivity contribution in [2.75, 3.05) is 19.7 Å². The molecule has 1 rings (SSSR count). The van der Waals surface area contributed by atoms with Gasteiger partial charge in [-0.25, -0.2) is 0 Å². The summed E-state index contributed by atoms with van der Waals surface area (Å²) in [4.78, 5) is 23.4. The Labute approximate surface area is 108 Å². The van der Waals surface area contributed by atoms with Crippen molar-refractivity contribution in [1.29, 1.82) is 0 Å². The molecule has 1 amide bonds. The van der Waals surface area contributed by atoms with E-state index in [1.807, 2.05) is 0 Å². The molecule has 1 aliphatic rings. The predicted molar refractivity (Wildman–Crippen MR) is 58.2 cm³/mol. The smallest absolute Gasteiger partial charge is 0.406 e. The Hall–Kier alpha value is -1.31. The fraction of sp³-hybridized carbons (Fsp3) is 0.818. The van der Waals surface area contributed by atoms with Gasteiger partial charge in [0.2, 0.25) is 5.91 Å². The minimum absolute atomic E-state index is 0.273. The Balaban J connectivity index is 2.78. The lowest BCUT2D eigenvalue weighted by molar-refractivity contribution is -0.166. The van der Waals surface area contributed by atoms with Crippen molar-refractivity contribution in [2.24, 2.45) is 11.8 Å². The van der Waals surface area contributed by atoms with Gasteiger partial charge in [0.05, 0.1) is 18.4 Å². The molecule has 8 heteroatoms. The van der Waals surface area contributed by atoms with E-state index in [4.69, 9.17) is 10.2 Å². The van der Waals surface area contributed by atoms with Gasteiger partial charge in [-0.15, -0.1) is 0 Å². The average Bonchev–Trinajstić information content (AvgIpc) is 2.74. The molecular formula is C11H16F3NO4. The van der Waals surface area contributed by atoms with E-state index in [1.165, 1.54) is 0 Å². The Morgan fingerprint density at radius 1 is 1.21 bits per heavy atom. The third kappa shape index (κ3) is 4.38. The molecule has 1 saturated carbocycles. The van der Waals surface area contributed by atoms with E-state index in [9.17, 15) is 22.8 Å². The van der Waals surface area contributed by atoms with Crippen LogP contribution in [0.4, 0.5) is 13.2 Å². The first kappa shape index (κ1) is 15.7. The number of aliphatic carboxylic acids is 1. The van der Waals surface area contributed by atoms with Crippen LogP contribution in [0.3, 0.4) is 0 Å². The van der Waals surface area contributed by atoms with Crippen molar-refractivity contribution in [3.05, 3.63) is 0 Å². The summed E-state index contributed by atoms with van der Waals surface area (Å²) < 4.78 is 37.0. The maximum Gasteiger partial charge on any atom is 0.406 e. The molecule has 0 aromatic rings. The van der Waals surface area contributed by atoms with Gasteiger partial charge in [-0.05, 0) is 12.8 Å². The molecule has 0 heterocycles. The lowest BCUT2D eigenvalue weighted by Gasteiger charge is -2.27. The standard InChI is InChI=1S/C11H16F3NO4/c12-11(13,14)6-15(4-5-16)9(17)7-2-1-3-8(7)10(18)19/h7-8,16H,1-6H2,(H,18,19)/t7-,8+/m1/s1. The van der Waals surface area contributed by atoms with Crippen LogP contribution < -0.4 is 0 Å². The first-order valence-electron chi connectivity index (χ1n) is 5.95. The molecule has 5 nitrogen and oxygen atoms in total. The lowest BCUT2D eigenvalue weighted by Crippen LogP contribution is -2.45. The number of rotatable bonds is 5. The number of hydrogen-bond acceptors (Lipinski definition) is 3. The number of alkyl halides is 3. The van der Waals surface area contributed by atoms with E-state index in [-0.39, 0.29) is 6.42 Å². The first-order chi connectivity index (χ1) is 8.76. The Morgan fingerprint density at radius 3 is 2.26 bits per heavy atom. The van der Waals surface area contributed by atoms with E-state index in [2.05, 4.69) is 0 Å². The third-order valence-electron chi connectivity index (χ3n) is 3.20. The van der Waals surface area contributed by atoms with Crippen LogP contribution in [-0.4, -0.2) is 52.9 Å². The Morgan fingerprint density at radius 2 is 1.79 bits per heavy atom. The minimum Gasteiger partial charge on any atom is -0.481 e. The summed E-state index contributed by atoms with van der Waals surface area (Å²) in [7, 11) is 0. The second kappa shape index (κ2) is 6.23. The molecule has 1 fully saturated rings. The van der Waals surface area contributed by atoms with Crippen LogP contribution in [0, 0.1) is 11.8 Å². The summed E-state index contributed by atoms with van der Waals surface area (Å²) >= 11 is 0. The zero-order valence-electron chi connectivity index (χ0n) is 10.2. The van der Waals surface area contributed by atoms with Crippen molar-refractivity contribution in [3.63, 3.8) is 0 Å². The quantitative estimate of drug-likeness (QED) is 0.785. The van der Waals surface area contributed by atoms with E-state index in [1.54, 1.807) is 0 Å². The van der Waals surface area contributed by atoms with Gasteiger partial charge in [0.15, 0.2) is 0 Å². The van der Waals surface area contributed by atoms with Crippen molar-refractivity contribution in [3.8, 4) is 0 Å². The molecule has 0 aromatic carbocycles. The molecule has 110 valence electrons. The zero-order chi connectivity index (χ0) is 14.6. The second-order valence-corrected chi connectivity index (χ2v) is 4.58. The third-order valence-corrected chi connectivity index (χ3v) is 3.20. The highest BCUT2D eigenvalue weighted by molar-refractivity contribution is 5.85. The highest BCUT2D eigenvalue weighted by atomic mass is 19.4. The van der Waals surface area contributed by atoms with Gasteiger partial charge in [-0.3, -0.25) is 9.59 Å². The van der Waals surface area contributed by atoms with E-state index in [0.29, 0.717) is 17.7 Å². The van der Waals surface area contributed by atoms with Gasteiger partial charge >= 0.3 is 12.1 Å². The van der Waals surface area contributed by atoms with Crippen LogP contribution in [-0.2, 0) is 9.59 Å². The van der Waals surface area contributed by atoms with Crippen LogP contribution in [0.15, 0.2) is 0 Å². The van der Waals surface area contributed by atoms with Gasteiger partial charge in [-0.2, -0.15) is 13.2 Å². The number of hydrogen-bond donors (Lipinski definition) is 2. The Kier molecular flexibility index (Phi) is 5.16. The maximum atomic E-state index is 12.3. The van der Waals surface area contributed by atoms with Crippen molar-refractivity contribution in [1.82, 2.24) is 4.90 Å². The summed E-state index contributed by atoms with van der Waals surface area (Å²) in [5.74, 6) is -3.85. The van der Waals surface area contributed by atoms with Gasteiger partial charge in [-0.1, -0.05) is 6.42 Å². The molecule has 0 saturated heterocycles. The monoisotopic (exact) mass is 283 g/mol. The van der Waals surface area contributed by atoms with Crippen molar-refractivity contribution < 1.29 is 33.0 Å². The number of carbonyl (C=O) groups excluding carboxylic acids is 1. The largest absolute Gasteiger partial charge is 0.481 e. The molecule has 0 aromatic heterocycles. The van der Waals surface area contributed by atoms with Crippen LogP contribution >= 0.6 is 0 Å². The number of carboxylic acids is 1. The lowest BCUT2D eigenvalue weighted by atomic mass is 9.94. The molecule has 2 atom stereocenters. The van der Waals surface area contributed by atoms with Crippen LogP contribution in [0.1, 0.15) is 19.3 Å². The number of amides is 1. The molecule has 19 heavy (non-hydrogen) atoms. The summed E-state index contributed by atoms with van der Waals surface area (Å²) in [6.07, 6.45) is -3.49. The number of halogens is 3. The topological polar surface area (TPSA) is 77.8 Å². The van der Waals surface area contributed by atoms with Crippen LogP contribution in [0.5, 0.6) is 0 Å². The van der Waals surface area contributed by atoms with Crippen LogP contribution in [0.25, 0.3) is 0 Å². The number of carboxylic acid groups (broad SMARTS) is 1. The summed E-state index contributed by atoms with van der Waals surface area (Å²) in [6.45, 7) is -2.50. The molecule has 1 aliphatic carbocycles. The fourth-order valence-corrected chi connectivity index (χ4v) is 2.39. The number of carbonyl (C=O) groups is 2. The van der Waals surface area contributed by atoms with E-state index < -0.39 is 49.6 Å².